The molecule has 2 rings (SSSR count). The van der Waals surface area contributed by atoms with Crippen LogP contribution < -0.4 is 0 Å². The molecule has 0 aliphatic heterocycles. The van der Waals surface area contributed by atoms with Crippen LogP contribution in [-0.4, -0.2) is 15.5 Å². The van der Waals surface area contributed by atoms with E-state index in [0.29, 0.717) is 6.61 Å². The Balaban J connectivity index is 1.82. The van der Waals surface area contributed by atoms with Crippen molar-refractivity contribution < 1.29 is 9.53 Å². The number of aryl methyl sites for hydroxylation is 1. The average Bonchev–Trinajstić information content (AvgIpc) is 2.73. The predicted molar refractivity (Wildman–Crippen MR) is 63.2 cm³/mol. The molecule has 1 aromatic carbocycles. The van der Waals surface area contributed by atoms with Crippen molar-refractivity contribution in [3.63, 3.8) is 0 Å². The summed E-state index contributed by atoms with van der Waals surface area (Å²) in [6.07, 6.45) is 3.43. The van der Waals surface area contributed by atoms with Crippen LogP contribution in [0, 0.1) is 6.92 Å². The zero-order chi connectivity index (χ0) is 12.1. The first-order chi connectivity index (χ1) is 8.24. The van der Waals surface area contributed by atoms with E-state index in [4.69, 9.17) is 4.74 Å². The number of benzene rings is 1. The number of hydrogen-bond donors (Lipinski definition) is 0. The Labute approximate surface area is 99.9 Å². The maximum absolute atomic E-state index is 11.5. The Morgan fingerprint density at radius 1 is 1.35 bits per heavy atom. The van der Waals surface area contributed by atoms with Gasteiger partial charge in [-0.3, -0.25) is 4.79 Å². The van der Waals surface area contributed by atoms with Crippen molar-refractivity contribution in [3.05, 3.63) is 54.1 Å². The molecule has 0 radical (unpaired) electrons. The van der Waals surface area contributed by atoms with E-state index in [2.05, 4.69) is 4.98 Å². The lowest BCUT2D eigenvalue weighted by Gasteiger charge is -2.05. The average molecular weight is 230 g/mol. The molecule has 0 amide bonds. The van der Waals surface area contributed by atoms with Gasteiger partial charge < -0.3 is 9.30 Å². The van der Waals surface area contributed by atoms with Gasteiger partial charge in [-0.15, -0.1) is 0 Å². The van der Waals surface area contributed by atoms with Crippen molar-refractivity contribution >= 4 is 5.97 Å². The zero-order valence-electron chi connectivity index (χ0n) is 9.67. The monoisotopic (exact) mass is 230 g/mol. The smallest absolute Gasteiger partial charge is 0.326 e. The van der Waals surface area contributed by atoms with Gasteiger partial charge in [0.2, 0.25) is 0 Å². The van der Waals surface area contributed by atoms with Crippen molar-refractivity contribution in [2.75, 3.05) is 0 Å². The highest BCUT2D eigenvalue weighted by atomic mass is 16.5. The number of nitrogens with zero attached hydrogens (tertiary/aromatic N) is 2. The van der Waals surface area contributed by atoms with Gasteiger partial charge in [0.05, 0.1) is 12.0 Å². The maximum Gasteiger partial charge on any atom is 0.326 e. The second-order valence-corrected chi connectivity index (χ2v) is 3.83. The topological polar surface area (TPSA) is 44.1 Å². The quantitative estimate of drug-likeness (QED) is 0.754. The fraction of sp³-hybridized carbons (Fsp3) is 0.231. The number of rotatable bonds is 4. The second kappa shape index (κ2) is 5.30. The van der Waals surface area contributed by atoms with Crippen LogP contribution in [0.5, 0.6) is 0 Å². The highest BCUT2D eigenvalue weighted by Crippen LogP contribution is 2.01. The van der Waals surface area contributed by atoms with Crippen LogP contribution in [0.15, 0.2) is 42.9 Å². The van der Waals surface area contributed by atoms with E-state index in [1.165, 1.54) is 0 Å². The molecule has 88 valence electrons. The molecule has 17 heavy (non-hydrogen) atoms. The number of carbonyl (C=O) groups is 1. The van der Waals surface area contributed by atoms with Crippen molar-refractivity contribution in [1.29, 1.82) is 0 Å². The number of carbonyl (C=O) groups excluding carboxylic acids is 1. The summed E-state index contributed by atoms with van der Waals surface area (Å²) in [6, 6.07) is 9.62. The van der Waals surface area contributed by atoms with E-state index in [-0.39, 0.29) is 12.5 Å². The summed E-state index contributed by atoms with van der Waals surface area (Å²) in [6.45, 7) is 2.40. The van der Waals surface area contributed by atoms with Gasteiger partial charge in [0.25, 0.3) is 0 Å². The third kappa shape index (κ3) is 3.45. The van der Waals surface area contributed by atoms with Crippen molar-refractivity contribution in [3.8, 4) is 0 Å². The Morgan fingerprint density at radius 3 is 2.76 bits per heavy atom. The summed E-state index contributed by atoms with van der Waals surface area (Å²) in [5, 5.41) is 0. The molecule has 0 spiro atoms. The minimum absolute atomic E-state index is 0.202. The third-order valence-corrected chi connectivity index (χ3v) is 2.32. The molecule has 4 nitrogen and oxygen atoms in total. The maximum atomic E-state index is 11.5. The van der Waals surface area contributed by atoms with Crippen molar-refractivity contribution in [2.24, 2.45) is 0 Å². The lowest BCUT2D eigenvalue weighted by Crippen LogP contribution is -2.12. The molecule has 0 bridgehead atoms. The standard InChI is InChI=1S/C13H14N2O2/c1-11-7-15(10-14-11)8-13(16)17-9-12-5-3-2-4-6-12/h2-7,10H,8-9H2,1H3. The molecule has 0 aliphatic carbocycles. The molecule has 0 saturated carbocycles. The number of ether oxygens (including phenoxy) is 1. The summed E-state index contributed by atoms with van der Waals surface area (Å²) in [4.78, 5) is 15.6. The molecule has 0 unspecified atom stereocenters. The Bertz CT molecular complexity index is 491. The first-order valence-corrected chi connectivity index (χ1v) is 5.42. The molecule has 0 N–H and O–H groups in total. The highest BCUT2D eigenvalue weighted by molar-refractivity contribution is 5.69. The van der Waals surface area contributed by atoms with Crippen LogP contribution in [0.2, 0.25) is 0 Å². The van der Waals surface area contributed by atoms with Gasteiger partial charge in [-0.2, -0.15) is 0 Å². The van der Waals surface area contributed by atoms with E-state index in [1.54, 1.807) is 10.9 Å². The minimum Gasteiger partial charge on any atom is -0.459 e. The Hall–Kier alpha value is -2.10. The lowest BCUT2D eigenvalue weighted by atomic mass is 10.2. The fourth-order valence-corrected chi connectivity index (χ4v) is 1.49. The molecule has 0 fully saturated rings. The number of aromatic nitrogens is 2. The molecule has 1 heterocycles. The zero-order valence-corrected chi connectivity index (χ0v) is 9.67. The number of imidazole rings is 1. The molecular weight excluding hydrogens is 216 g/mol. The summed E-state index contributed by atoms with van der Waals surface area (Å²) in [7, 11) is 0. The molecule has 0 aliphatic rings. The van der Waals surface area contributed by atoms with E-state index >= 15 is 0 Å². The lowest BCUT2D eigenvalue weighted by molar-refractivity contribution is -0.145. The highest BCUT2D eigenvalue weighted by Gasteiger charge is 2.04. The summed E-state index contributed by atoms with van der Waals surface area (Å²) in [5.74, 6) is -0.258. The first kappa shape index (κ1) is 11.4. The normalized spacial score (nSPS) is 10.2. The van der Waals surface area contributed by atoms with Crippen molar-refractivity contribution in [2.45, 2.75) is 20.1 Å². The van der Waals surface area contributed by atoms with Crippen molar-refractivity contribution in [1.82, 2.24) is 9.55 Å². The van der Waals surface area contributed by atoms with Crippen LogP contribution in [0.25, 0.3) is 0 Å². The van der Waals surface area contributed by atoms with E-state index in [0.717, 1.165) is 11.3 Å². The SMILES string of the molecule is Cc1cn(CC(=O)OCc2ccccc2)cn1. The molecule has 1 aromatic heterocycles. The molecule has 0 saturated heterocycles. The summed E-state index contributed by atoms with van der Waals surface area (Å²) in [5.41, 5.74) is 1.88. The van der Waals surface area contributed by atoms with Crippen LogP contribution in [-0.2, 0) is 22.7 Å². The molecular formula is C13H14N2O2. The Morgan fingerprint density at radius 2 is 2.12 bits per heavy atom. The van der Waals surface area contributed by atoms with E-state index in [1.807, 2.05) is 43.5 Å². The number of hydrogen-bond acceptors (Lipinski definition) is 3. The molecule has 2 aromatic rings. The van der Waals surface area contributed by atoms with Gasteiger partial charge in [-0.05, 0) is 12.5 Å². The second-order valence-electron chi connectivity index (χ2n) is 3.83. The van der Waals surface area contributed by atoms with Gasteiger partial charge in [0, 0.05) is 6.20 Å². The minimum atomic E-state index is -0.258. The van der Waals surface area contributed by atoms with Gasteiger partial charge in [-0.25, -0.2) is 4.98 Å². The van der Waals surface area contributed by atoms with Gasteiger partial charge in [0.15, 0.2) is 0 Å². The van der Waals surface area contributed by atoms with E-state index < -0.39 is 0 Å². The fourth-order valence-electron chi connectivity index (χ4n) is 1.49. The summed E-state index contributed by atoms with van der Waals surface area (Å²) >= 11 is 0. The third-order valence-electron chi connectivity index (χ3n) is 2.32. The predicted octanol–water partition coefficient (Wildman–Crippen LogP) is 1.93. The van der Waals surface area contributed by atoms with Crippen LogP contribution >= 0.6 is 0 Å². The first-order valence-electron chi connectivity index (χ1n) is 5.42. The van der Waals surface area contributed by atoms with Crippen LogP contribution in [0.4, 0.5) is 0 Å². The van der Waals surface area contributed by atoms with Crippen LogP contribution in [0.1, 0.15) is 11.3 Å². The van der Waals surface area contributed by atoms with Gasteiger partial charge >= 0.3 is 5.97 Å². The number of esters is 1. The van der Waals surface area contributed by atoms with Crippen LogP contribution in [0.3, 0.4) is 0 Å². The van der Waals surface area contributed by atoms with Gasteiger partial charge in [0.1, 0.15) is 13.2 Å². The largest absolute Gasteiger partial charge is 0.459 e. The molecule has 0 atom stereocenters. The molecule has 4 heteroatoms. The van der Waals surface area contributed by atoms with Gasteiger partial charge in [-0.1, -0.05) is 30.3 Å². The Kier molecular flexibility index (Phi) is 3.55. The van der Waals surface area contributed by atoms with E-state index in [9.17, 15) is 4.79 Å². The summed E-state index contributed by atoms with van der Waals surface area (Å²) < 4.78 is 6.86.